The number of aromatic nitrogens is 4. The van der Waals surface area contributed by atoms with Crippen molar-refractivity contribution in [1.29, 1.82) is 0 Å². The van der Waals surface area contributed by atoms with Gasteiger partial charge >= 0.3 is 66.1 Å². The van der Waals surface area contributed by atoms with Gasteiger partial charge in [-0.15, -0.1) is 0 Å². The predicted molar refractivity (Wildman–Crippen MR) is 182 cm³/mol. The van der Waals surface area contributed by atoms with Crippen molar-refractivity contribution >= 4 is 54.8 Å². The first-order chi connectivity index (χ1) is 27.6. The van der Waals surface area contributed by atoms with E-state index in [1.807, 2.05) is 0 Å². The van der Waals surface area contributed by atoms with Gasteiger partial charge in [0.15, 0.2) is 12.5 Å². The number of phosphoric ester groups is 2. The van der Waals surface area contributed by atoms with Gasteiger partial charge in [-0.2, -0.15) is 25.9 Å². The molecule has 14 atom stereocenters. The van der Waals surface area contributed by atoms with Crippen molar-refractivity contribution in [2.45, 2.75) is 49.1 Å². The topological polar surface area (TPSA) is 544 Å². The number of hydrogen-bond acceptors (Lipinski definition) is 25. The molecule has 4 rings (SSSR count). The average molecular weight is 1030 g/mol. The molecule has 6 unspecified atom stereocenters. The first-order valence-corrected chi connectivity index (χ1v) is 25.6. The Morgan fingerprint density at radius 1 is 0.475 bits per heavy atom. The van der Waals surface area contributed by atoms with Crippen molar-refractivity contribution in [3.63, 3.8) is 0 Å². The molecule has 61 heavy (non-hydrogen) atoms. The van der Waals surface area contributed by atoms with Gasteiger partial charge in [0.25, 0.3) is 11.1 Å². The molecular formula is C18H29N4O32P7. The van der Waals surface area contributed by atoms with E-state index < -0.39 is 140 Å². The summed E-state index contributed by atoms with van der Waals surface area (Å²) >= 11 is 0. The number of rotatable bonds is 20. The average Bonchev–Trinajstić information content (AvgIpc) is 3.48. The maximum absolute atomic E-state index is 12.3. The minimum absolute atomic E-state index is 0.570. The number of nitrogens with zero attached hydrogens (tertiary/aromatic N) is 2. The van der Waals surface area contributed by atoms with Gasteiger partial charge in [0, 0.05) is 24.5 Å². The SMILES string of the molecule is O=c1ccn([C@@H]2O[C@H](COP(=O)(O)OP(=O)(O)OP(=O)(O)OP(=O)(O)OP(=O)(O)OP(=O)(O)OP(=O)(O)OC[C@H]3O[C@@H](n4ccc(=O)[nH]c4=O)[C@H](O)[C@@H]3O)[C@@H](O)[C@H]2O)c(=O)[nH]1. The lowest BCUT2D eigenvalue weighted by atomic mass is 10.1. The highest BCUT2D eigenvalue weighted by Crippen LogP contribution is 2.76. The zero-order chi connectivity index (χ0) is 46.3. The van der Waals surface area contributed by atoms with Crippen molar-refractivity contribution in [2.75, 3.05) is 13.2 Å². The minimum Gasteiger partial charge on any atom is -0.387 e. The Morgan fingerprint density at radius 3 is 1.00 bits per heavy atom. The molecule has 2 fully saturated rings. The number of ether oxygens (including phenoxy) is 2. The molecule has 0 aliphatic carbocycles. The molecule has 348 valence electrons. The van der Waals surface area contributed by atoms with Crippen LogP contribution < -0.4 is 22.5 Å². The van der Waals surface area contributed by atoms with Gasteiger partial charge in [-0.3, -0.25) is 37.7 Å². The predicted octanol–water partition coefficient (Wildman–Crippen LogP) is -3.84. The second-order valence-corrected chi connectivity index (χ2v) is 22.5. The first kappa shape index (κ1) is 51.8. The first-order valence-electron chi connectivity index (χ1n) is 15.1. The molecule has 0 bridgehead atoms. The summed E-state index contributed by atoms with van der Waals surface area (Å²) in [5.41, 5.74) is -4.04. The zero-order valence-electron chi connectivity index (χ0n) is 28.9. The van der Waals surface area contributed by atoms with E-state index in [1.54, 1.807) is 9.97 Å². The van der Waals surface area contributed by atoms with Crippen LogP contribution in [0.3, 0.4) is 0 Å². The zero-order valence-corrected chi connectivity index (χ0v) is 35.1. The van der Waals surface area contributed by atoms with Gasteiger partial charge in [-0.25, -0.2) is 41.5 Å². The lowest BCUT2D eigenvalue weighted by molar-refractivity contribution is -0.0542. The summed E-state index contributed by atoms with van der Waals surface area (Å²) in [7, 11) is -45.3. The van der Waals surface area contributed by atoms with Crippen LogP contribution in [0.15, 0.2) is 43.7 Å². The molecule has 2 aromatic heterocycles. The van der Waals surface area contributed by atoms with Crippen molar-refractivity contribution < 1.29 is 131 Å². The normalized spacial score (nSPS) is 31.4. The highest BCUT2D eigenvalue weighted by atomic mass is 31.3. The fraction of sp³-hybridized carbons (Fsp3) is 0.556. The van der Waals surface area contributed by atoms with Crippen LogP contribution in [0.4, 0.5) is 0 Å². The van der Waals surface area contributed by atoms with E-state index in [9.17, 15) is 106 Å². The Hall–Kier alpha value is -1.87. The van der Waals surface area contributed by atoms with Crippen LogP contribution in [-0.4, -0.2) is 124 Å². The van der Waals surface area contributed by atoms with Gasteiger partial charge < -0.3 is 64.2 Å². The van der Waals surface area contributed by atoms with Crippen LogP contribution in [0.1, 0.15) is 12.5 Å². The third kappa shape index (κ3) is 14.6. The lowest BCUT2D eigenvalue weighted by Gasteiger charge is -2.22. The Balaban J connectivity index is 1.29. The molecule has 2 saturated heterocycles. The molecular weight excluding hydrogens is 1000 g/mol. The highest BCUT2D eigenvalue weighted by molar-refractivity contribution is 7.73. The smallest absolute Gasteiger partial charge is 0.387 e. The fourth-order valence-electron chi connectivity index (χ4n) is 4.69. The summed E-state index contributed by atoms with van der Waals surface area (Å²) in [6, 6.07) is 1.61. The number of nitrogens with one attached hydrogen (secondary N) is 2. The molecule has 0 radical (unpaired) electrons. The molecule has 0 aromatic carbocycles. The largest absolute Gasteiger partial charge is 0.490 e. The second kappa shape index (κ2) is 18.9. The maximum atomic E-state index is 12.3. The van der Waals surface area contributed by atoms with E-state index in [1.165, 1.54) is 0 Å². The lowest BCUT2D eigenvalue weighted by Crippen LogP contribution is -2.37. The third-order valence-electron chi connectivity index (χ3n) is 6.97. The Morgan fingerprint density at radius 2 is 0.738 bits per heavy atom. The molecule has 4 heterocycles. The van der Waals surface area contributed by atoms with Gasteiger partial charge in [-0.05, 0) is 0 Å². The Labute approximate surface area is 333 Å². The quantitative estimate of drug-likeness (QED) is 0.0565. The summed E-state index contributed by atoms with van der Waals surface area (Å²) in [6.45, 7) is -2.69. The summed E-state index contributed by atoms with van der Waals surface area (Å²) in [5, 5.41) is 40.7. The Kier molecular flexibility index (Phi) is 16.1. The van der Waals surface area contributed by atoms with E-state index in [-0.39, 0.29) is 0 Å². The van der Waals surface area contributed by atoms with Crippen molar-refractivity contribution in [3.8, 4) is 0 Å². The third-order valence-corrected chi connectivity index (χ3v) is 17.8. The second-order valence-electron chi connectivity index (χ2n) is 11.5. The molecule has 2 aromatic rings. The molecule has 2 aliphatic rings. The summed E-state index contributed by atoms with van der Waals surface area (Å²) in [6.07, 6.45) is -13.6. The Bertz CT molecular complexity index is 2370. The summed E-state index contributed by atoms with van der Waals surface area (Å²) in [4.78, 5) is 118. The molecule has 2 aliphatic heterocycles. The van der Waals surface area contributed by atoms with E-state index in [0.29, 0.717) is 9.13 Å². The number of aliphatic hydroxyl groups is 4. The van der Waals surface area contributed by atoms with E-state index in [0.717, 1.165) is 24.5 Å². The van der Waals surface area contributed by atoms with Crippen molar-refractivity contribution in [1.82, 2.24) is 19.1 Å². The number of phosphoric acid groups is 7. The van der Waals surface area contributed by atoms with Crippen LogP contribution >= 0.6 is 54.8 Å². The standard InChI is InChI=1S/C18H29N4O32P7/c23-9-1-3-21(17(29)19-9)15-13(27)11(25)7(47-15)5-45-55(31,32)49-57(35,36)51-59(39,40)53-61(43,44)54-60(41,42)52-58(37,38)50-56(33,34)46-6-8-12(26)14(28)16(48-8)22-4-2-10(24)20-18(22)30/h1-4,7-8,11-16,25-28H,5-6H2,(H,31,32)(H,33,34)(H,35,36)(H,37,38)(H,39,40)(H,41,42)(H,43,44)(H,19,23,29)(H,20,24,30)/t7-,8-,11-,12-,13-,14-,15-,16-/m1/s1. The number of hydrogen-bond donors (Lipinski definition) is 13. The number of aliphatic hydroxyl groups excluding tert-OH is 4. The van der Waals surface area contributed by atoms with Gasteiger partial charge in [0.1, 0.15) is 36.6 Å². The minimum atomic E-state index is -6.77. The highest BCUT2D eigenvalue weighted by Gasteiger charge is 2.52. The van der Waals surface area contributed by atoms with E-state index >= 15 is 0 Å². The summed E-state index contributed by atoms with van der Waals surface area (Å²) < 4.78 is 126. The van der Waals surface area contributed by atoms with Crippen LogP contribution in [-0.2, 0) is 76.3 Å². The fourth-order valence-corrected chi connectivity index (χ4v) is 13.9. The molecule has 0 spiro atoms. The monoisotopic (exact) mass is 1030 g/mol. The van der Waals surface area contributed by atoms with Crippen LogP contribution in [0.2, 0.25) is 0 Å². The van der Waals surface area contributed by atoms with Gasteiger partial charge in [0.05, 0.1) is 13.2 Å². The van der Waals surface area contributed by atoms with E-state index in [4.69, 9.17) is 9.47 Å². The van der Waals surface area contributed by atoms with Gasteiger partial charge in [-0.1, -0.05) is 0 Å². The maximum Gasteiger partial charge on any atom is 0.490 e. The van der Waals surface area contributed by atoms with E-state index in [2.05, 4.69) is 34.9 Å². The molecule has 36 nitrogen and oxygen atoms in total. The van der Waals surface area contributed by atoms with Crippen LogP contribution in [0.5, 0.6) is 0 Å². The van der Waals surface area contributed by atoms with Gasteiger partial charge in [0.2, 0.25) is 0 Å². The molecule has 0 saturated carbocycles. The molecule has 13 N–H and O–H groups in total. The van der Waals surface area contributed by atoms with Crippen molar-refractivity contribution in [2.24, 2.45) is 0 Å². The number of aromatic amines is 2. The molecule has 0 amide bonds. The number of H-pyrrole nitrogens is 2. The summed E-state index contributed by atoms with van der Waals surface area (Å²) in [5.74, 6) is 0. The van der Waals surface area contributed by atoms with Crippen LogP contribution in [0, 0.1) is 0 Å². The van der Waals surface area contributed by atoms with Crippen LogP contribution in [0.25, 0.3) is 0 Å². The van der Waals surface area contributed by atoms with Crippen molar-refractivity contribution in [3.05, 3.63) is 66.2 Å². The molecule has 43 heteroatoms.